The van der Waals surface area contributed by atoms with Crippen molar-refractivity contribution in [1.82, 2.24) is 20.6 Å². The monoisotopic (exact) mass is 473 g/mol. The number of nitrogens with two attached hydrogens (primary N) is 1. The van der Waals surface area contributed by atoms with Crippen LogP contribution in [0.5, 0.6) is 0 Å². The number of likely N-dealkylation sites (tertiary alicyclic amines) is 1. The normalized spacial score (nSPS) is 21.0. The smallest absolute Gasteiger partial charge is 0.399 e. The van der Waals surface area contributed by atoms with Crippen molar-refractivity contribution in [3.63, 3.8) is 0 Å². The molecule has 3 atom stereocenters. The Hall–Kier alpha value is -3.14. The third-order valence-electron chi connectivity index (χ3n) is 6.00. The van der Waals surface area contributed by atoms with Gasteiger partial charge in [-0.2, -0.15) is 0 Å². The van der Waals surface area contributed by atoms with Gasteiger partial charge >= 0.3 is 6.09 Å². The fourth-order valence-electron chi connectivity index (χ4n) is 4.37. The Morgan fingerprint density at radius 2 is 1.79 bits per heavy atom. The number of fused-ring (bicyclic) bond motifs is 1. The minimum Gasteiger partial charge on any atom is -0.399 e. The highest BCUT2D eigenvalue weighted by molar-refractivity contribution is 5.99. The van der Waals surface area contributed by atoms with E-state index in [0.29, 0.717) is 37.2 Å². The first-order chi connectivity index (χ1) is 16.1. The highest BCUT2D eigenvalue weighted by Crippen LogP contribution is 2.31. The van der Waals surface area contributed by atoms with Crippen LogP contribution in [-0.4, -0.2) is 71.4 Å². The van der Waals surface area contributed by atoms with Gasteiger partial charge in [0, 0.05) is 24.3 Å². The molecule has 0 bridgehead atoms. The maximum Gasteiger partial charge on any atom is 0.426 e. The molecule has 3 amide bonds. The van der Waals surface area contributed by atoms with Crippen LogP contribution in [0.1, 0.15) is 50.9 Å². The fraction of sp³-hybridized carbons (Fsp3) is 0.583. The molecule has 2 aliphatic rings. The molecule has 0 spiro atoms. The third kappa shape index (κ3) is 6.05. The SMILES string of the molecule is CC(C)CNC(=O)ON1CC(=O)C2C1CCN2C(=O)C(CC(C)C)NC(=O)c1ccc(N)cc1. The van der Waals surface area contributed by atoms with Crippen molar-refractivity contribution >= 4 is 29.4 Å². The second kappa shape index (κ2) is 10.9. The molecule has 4 N–H and O–H groups in total. The van der Waals surface area contributed by atoms with Crippen LogP contribution >= 0.6 is 0 Å². The van der Waals surface area contributed by atoms with Gasteiger partial charge in [-0.05, 0) is 48.9 Å². The number of anilines is 1. The molecule has 1 aromatic carbocycles. The number of benzene rings is 1. The Morgan fingerprint density at radius 1 is 1.12 bits per heavy atom. The van der Waals surface area contributed by atoms with Crippen molar-refractivity contribution in [1.29, 1.82) is 0 Å². The molecule has 0 aliphatic carbocycles. The minimum atomic E-state index is -0.777. The number of carbonyl (C=O) groups is 4. The zero-order chi connectivity index (χ0) is 25.0. The van der Waals surface area contributed by atoms with Crippen LogP contribution in [0.15, 0.2) is 24.3 Å². The van der Waals surface area contributed by atoms with E-state index < -0.39 is 24.2 Å². The lowest BCUT2D eigenvalue weighted by molar-refractivity contribution is -0.138. The topological polar surface area (TPSA) is 134 Å². The summed E-state index contributed by atoms with van der Waals surface area (Å²) in [6, 6.07) is 4.59. The Balaban J connectivity index is 1.69. The summed E-state index contributed by atoms with van der Waals surface area (Å²) in [5.74, 6) is -0.450. The molecule has 0 radical (unpaired) electrons. The highest BCUT2D eigenvalue weighted by Gasteiger charge is 2.52. The molecule has 2 aliphatic heterocycles. The van der Waals surface area contributed by atoms with Crippen LogP contribution in [0.2, 0.25) is 0 Å². The van der Waals surface area contributed by atoms with Crippen LogP contribution in [0, 0.1) is 11.8 Å². The first-order valence-corrected chi connectivity index (χ1v) is 11.8. The van der Waals surface area contributed by atoms with Gasteiger partial charge < -0.3 is 26.1 Å². The molecule has 0 aromatic heterocycles. The summed E-state index contributed by atoms with van der Waals surface area (Å²) in [6.07, 6.45) is 0.319. The van der Waals surface area contributed by atoms with Crippen molar-refractivity contribution < 1.29 is 24.0 Å². The molecular formula is C24H35N5O5. The van der Waals surface area contributed by atoms with Gasteiger partial charge in [0.15, 0.2) is 5.78 Å². The standard InChI is InChI=1S/C24H35N5O5/c1-14(2)11-18(27-22(31)16-5-7-17(25)8-6-16)23(32)28-10-9-19-21(28)20(30)13-29(19)34-24(33)26-12-15(3)4/h5-8,14-15,18-19,21H,9-13,25H2,1-4H3,(H,26,33)(H,27,31). The Bertz CT molecular complexity index is 917. The lowest BCUT2D eigenvalue weighted by Gasteiger charge is -2.29. The van der Waals surface area contributed by atoms with E-state index in [4.69, 9.17) is 10.6 Å². The van der Waals surface area contributed by atoms with Crippen LogP contribution < -0.4 is 16.4 Å². The van der Waals surface area contributed by atoms with Crippen LogP contribution in [0.4, 0.5) is 10.5 Å². The van der Waals surface area contributed by atoms with Crippen molar-refractivity contribution in [3.8, 4) is 0 Å². The van der Waals surface area contributed by atoms with E-state index in [9.17, 15) is 19.2 Å². The zero-order valence-corrected chi connectivity index (χ0v) is 20.2. The Kier molecular flexibility index (Phi) is 8.14. The summed E-state index contributed by atoms with van der Waals surface area (Å²) >= 11 is 0. The molecule has 10 heteroatoms. The molecule has 34 heavy (non-hydrogen) atoms. The molecule has 3 rings (SSSR count). The van der Waals surface area contributed by atoms with E-state index in [0.717, 1.165) is 0 Å². The van der Waals surface area contributed by atoms with Gasteiger partial charge in [0.05, 0.1) is 12.6 Å². The molecular weight excluding hydrogens is 438 g/mol. The minimum absolute atomic E-state index is 0.0686. The summed E-state index contributed by atoms with van der Waals surface area (Å²) in [4.78, 5) is 58.1. The molecule has 2 heterocycles. The molecule has 0 saturated carbocycles. The number of hydrogen-bond acceptors (Lipinski definition) is 7. The molecule has 2 fully saturated rings. The maximum atomic E-state index is 13.5. The second-order valence-electron chi connectivity index (χ2n) is 9.81. The summed E-state index contributed by atoms with van der Waals surface area (Å²) in [7, 11) is 0. The number of nitrogens with zero attached hydrogens (tertiary/aromatic N) is 2. The summed E-state index contributed by atoms with van der Waals surface area (Å²) in [5.41, 5.74) is 6.64. The van der Waals surface area contributed by atoms with Crippen LogP contribution in [0.3, 0.4) is 0 Å². The van der Waals surface area contributed by atoms with Gasteiger partial charge in [-0.15, -0.1) is 5.06 Å². The number of rotatable bonds is 8. The van der Waals surface area contributed by atoms with E-state index in [2.05, 4.69) is 10.6 Å². The largest absolute Gasteiger partial charge is 0.426 e. The first-order valence-electron chi connectivity index (χ1n) is 11.8. The van der Waals surface area contributed by atoms with Gasteiger partial charge in [-0.25, -0.2) is 4.79 Å². The molecule has 10 nitrogen and oxygen atoms in total. The highest BCUT2D eigenvalue weighted by atomic mass is 16.7. The molecule has 1 aromatic rings. The lowest BCUT2D eigenvalue weighted by Crippen LogP contribution is -2.52. The summed E-state index contributed by atoms with van der Waals surface area (Å²) in [6.45, 7) is 8.61. The lowest BCUT2D eigenvalue weighted by atomic mass is 10.0. The molecule has 186 valence electrons. The van der Waals surface area contributed by atoms with Crippen molar-refractivity contribution in [2.45, 2.75) is 58.7 Å². The first kappa shape index (κ1) is 25.5. The van der Waals surface area contributed by atoms with Gasteiger partial charge in [0.1, 0.15) is 12.1 Å². The molecule has 3 unspecified atom stereocenters. The van der Waals surface area contributed by atoms with E-state index in [1.54, 1.807) is 24.3 Å². The predicted molar refractivity (Wildman–Crippen MR) is 127 cm³/mol. The number of nitrogens with one attached hydrogen (secondary N) is 2. The number of hydrogen-bond donors (Lipinski definition) is 3. The van der Waals surface area contributed by atoms with Gasteiger partial charge in [0.25, 0.3) is 5.91 Å². The fourth-order valence-corrected chi connectivity index (χ4v) is 4.37. The third-order valence-corrected chi connectivity index (χ3v) is 6.00. The van der Waals surface area contributed by atoms with Crippen molar-refractivity contribution in [2.75, 3.05) is 25.4 Å². The Morgan fingerprint density at radius 3 is 2.41 bits per heavy atom. The number of amides is 3. The average Bonchev–Trinajstić information content (AvgIpc) is 3.33. The number of nitrogen functional groups attached to an aromatic ring is 1. The zero-order valence-electron chi connectivity index (χ0n) is 20.2. The van der Waals surface area contributed by atoms with E-state index in [1.807, 2.05) is 27.7 Å². The maximum absolute atomic E-state index is 13.5. The predicted octanol–water partition coefficient (Wildman–Crippen LogP) is 1.56. The van der Waals surface area contributed by atoms with E-state index in [-0.39, 0.29) is 36.0 Å². The number of carbonyl (C=O) groups excluding carboxylic acids is 4. The van der Waals surface area contributed by atoms with Crippen LogP contribution in [0.25, 0.3) is 0 Å². The summed E-state index contributed by atoms with van der Waals surface area (Å²) in [5, 5.41) is 6.88. The number of hydroxylamine groups is 2. The van der Waals surface area contributed by atoms with Crippen molar-refractivity contribution in [2.24, 2.45) is 11.8 Å². The number of ketones is 1. The summed E-state index contributed by atoms with van der Waals surface area (Å²) < 4.78 is 0. The Labute approximate surface area is 200 Å². The van der Waals surface area contributed by atoms with E-state index in [1.165, 1.54) is 9.96 Å². The van der Waals surface area contributed by atoms with Gasteiger partial charge in [0.2, 0.25) is 5.91 Å². The number of Topliss-reactive ketones (excluding diaryl/α,β-unsaturated/α-hetero) is 1. The van der Waals surface area contributed by atoms with E-state index >= 15 is 0 Å². The van der Waals surface area contributed by atoms with Gasteiger partial charge in [-0.1, -0.05) is 27.7 Å². The quantitative estimate of drug-likeness (QED) is 0.488. The second-order valence-corrected chi connectivity index (χ2v) is 9.81. The average molecular weight is 474 g/mol. The van der Waals surface area contributed by atoms with Gasteiger partial charge in [-0.3, -0.25) is 14.4 Å². The molecule has 2 saturated heterocycles. The van der Waals surface area contributed by atoms with Crippen molar-refractivity contribution in [3.05, 3.63) is 29.8 Å². The van der Waals surface area contributed by atoms with Crippen LogP contribution in [-0.2, 0) is 14.4 Å².